The van der Waals surface area contributed by atoms with Gasteiger partial charge in [-0.1, -0.05) is 6.42 Å². The molecular weight excluding hydrogens is 586 g/mol. The van der Waals surface area contributed by atoms with Gasteiger partial charge >= 0.3 is 6.09 Å². The van der Waals surface area contributed by atoms with Crippen molar-refractivity contribution >= 4 is 23.4 Å². The van der Waals surface area contributed by atoms with Gasteiger partial charge in [0.25, 0.3) is 0 Å². The van der Waals surface area contributed by atoms with E-state index in [9.17, 15) is 14.4 Å². The Morgan fingerprint density at radius 1 is 1.07 bits per heavy atom. The van der Waals surface area contributed by atoms with Gasteiger partial charge in [0, 0.05) is 48.8 Å². The number of ether oxygens (including phenoxy) is 2. The van der Waals surface area contributed by atoms with E-state index in [-0.39, 0.29) is 41.3 Å². The van der Waals surface area contributed by atoms with Gasteiger partial charge in [0.15, 0.2) is 17.4 Å². The maximum Gasteiger partial charge on any atom is 0.410 e. The molecule has 6 rings (SSSR count). The number of amides is 1. The first kappa shape index (κ1) is 32.2. The molecule has 0 unspecified atom stereocenters. The molecule has 46 heavy (non-hydrogen) atoms. The lowest BCUT2D eigenvalue weighted by molar-refractivity contribution is -0.143. The monoisotopic (exact) mass is 633 g/mol. The number of Topliss-reactive ketones (excluding diaryl/α,β-unsaturated/α-hetero) is 2. The third-order valence-corrected chi connectivity index (χ3v) is 9.95. The third-order valence-electron chi connectivity index (χ3n) is 9.95. The summed E-state index contributed by atoms with van der Waals surface area (Å²) in [6, 6.07) is 1.98. The molecule has 0 bridgehead atoms. The van der Waals surface area contributed by atoms with Crippen molar-refractivity contribution in [1.82, 2.24) is 29.5 Å². The Labute approximate surface area is 270 Å². The van der Waals surface area contributed by atoms with E-state index in [0.29, 0.717) is 68.9 Å². The van der Waals surface area contributed by atoms with Crippen LogP contribution in [0.3, 0.4) is 0 Å². The SMILES string of the molecule is C[C@H](Oc1cc(-n2cc3c(n2)CCN(C(=O)OC(C)(C)C)C3)nc(C(N)=C2CCC[C@@]3(CCCCC3=O)C2=O)n1)[C@@H]1CCCN1C. The largest absolute Gasteiger partial charge is 0.473 e. The first-order chi connectivity index (χ1) is 21.8. The molecule has 2 aliphatic heterocycles. The molecule has 0 radical (unpaired) electrons. The Bertz CT molecular complexity index is 1560. The minimum absolute atomic E-state index is 0.0319. The summed E-state index contributed by atoms with van der Waals surface area (Å²) >= 11 is 0. The molecule has 248 valence electrons. The summed E-state index contributed by atoms with van der Waals surface area (Å²) in [5.41, 5.74) is 7.58. The zero-order valence-corrected chi connectivity index (χ0v) is 27.8. The summed E-state index contributed by atoms with van der Waals surface area (Å²) in [7, 11) is 2.10. The number of ketones is 2. The molecule has 3 atom stereocenters. The van der Waals surface area contributed by atoms with Gasteiger partial charge in [-0.25, -0.2) is 14.5 Å². The van der Waals surface area contributed by atoms with Crippen LogP contribution in [0.15, 0.2) is 17.8 Å². The number of hydrogen-bond acceptors (Lipinski definition) is 10. The second kappa shape index (κ2) is 12.4. The standard InChI is InChI=1S/C34H47N7O5/c1-21(25-11-9-16-39(25)5)45-28-18-27(41-20-22-19-40(17-13-24(22)38-41)32(44)46-33(2,3)4)36-31(37-28)29(35)23-10-8-15-34(30(23)43)14-7-6-12-26(34)42/h18,20-21,25H,6-17,19,35H2,1-5H3/t21-,25-,34+/m0/s1. The van der Waals surface area contributed by atoms with E-state index < -0.39 is 11.0 Å². The molecule has 2 N–H and O–H groups in total. The molecule has 4 aliphatic rings. The summed E-state index contributed by atoms with van der Waals surface area (Å²) < 4.78 is 13.7. The van der Waals surface area contributed by atoms with Crippen molar-refractivity contribution in [3.63, 3.8) is 0 Å². The highest BCUT2D eigenvalue weighted by molar-refractivity contribution is 6.17. The number of allylic oxidation sites excluding steroid dienone is 1. The highest BCUT2D eigenvalue weighted by atomic mass is 16.6. The van der Waals surface area contributed by atoms with Gasteiger partial charge < -0.3 is 20.1 Å². The van der Waals surface area contributed by atoms with Crippen molar-refractivity contribution in [3.8, 4) is 11.7 Å². The highest BCUT2D eigenvalue weighted by Gasteiger charge is 2.49. The summed E-state index contributed by atoms with van der Waals surface area (Å²) in [6.07, 6.45) is 8.51. The normalized spacial score (nSPS) is 25.8. The fraction of sp³-hybridized carbons (Fsp3) is 0.647. The lowest BCUT2D eigenvalue weighted by Gasteiger charge is -2.38. The van der Waals surface area contributed by atoms with Crippen LogP contribution in [0.5, 0.6) is 5.88 Å². The Morgan fingerprint density at radius 2 is 1.85 bits per heavy atom. The molecule has 1 spiro atoms. The zero-order chi connectivity index (χ0) is 32.8. The van der Waals surface area contributed by atoms with Crippen LogP contribution in [-0.2, 0) is 27.3 Å². The molecule has 3 fully saturated rings. The number of carbonyl (C=O) groups excluding carboxylic acids is 3. The molecule has 2 aromatic heterocycles. The van der Waals surface area contributed by atoms with Gasteiger partial charge in [0.1, 0.15) is 17.5 Å². The average Bonchev–Trinajstić information content (AvgIpc) is 3.64. The molecule has 12 heteroatoms. The Hall–Kier alpha value is -3.80. The van der Waals surface area contributed by atoms with E-state index in [1.807, 2.05) is 33.9 Å². The van der Waals surface area contributed by atoms with Crippen molar-refractivity contribution in [2.75, 3.05) is 20.1 Å². The molecular formula is C34H47N7O5. The van der Waals surface area contributed by atoms with Crippen molar-refractivity contribution < 1.29 is 23.9 Å². The van der Waals surface area contributed by atoms with Crippen LogP contribution in [0.4, 0.5) is 4.79 Å². The number of nitrogens with zero attached hydrogens (tertiary/aromatic N) is 6. The number of aromatic nitrogens is 4. The minimum atomic E-state index is -0.976. The smallest absolute Gasteiger partial charge is 0.410 e. The second-order valence-electron chi connectivity index (χ2n) is 14.4. The Balaban J connectivity index is 1.35. The summed E-state index contributed by atoms with van der Waals surface area (Å²) in [4.78, 5) is 53.3. The van der Waals surface area contributed by atoms with E-state index in [1.54, 1.807) is 15.6 Å². The van der Waals surface area contributed by atoms with Gasteiger partial charge in [0.05, 0.1) is 23.4 Å². The minimum Gasteiger partial charge on any atom is -0.473 e. The summed E-state index contributed by atoms with van der Waals surface area (Å²) in [5, 5.41) is 4.82. The van der Waals surface area contributed by atoms with Crippen LogP contribution < -0.4 is 10.5 Å². The molecule has 2 saturated carbocycles. The third kappa shape index (κ3) is 6.28. The lowest BCUT2D eigenvalue weighted by atomic mass is 9.62. The molecule has 1 saturated heterocycles. The quantitative estimate of drug-likeness (QED) is 0.372. The van der Waals surface area contributed by atoms with E-state index >= 15 is 0 Å². The van der Waals surface area contributed by atoms with Crippen LogP contribution in [0.2, 0.25) is 0 Å². The van der Waals surface area contributed by atoms with Crippen LogP contribution in [0.25, 0.3) is 11.5 Å². The predicted octanol–water partition coefficient (Wildman–Crippen LogP) is 4.37. The number of likely N-dealkylation sites (tertiary alicyclic amines) is 1. The van der Waals surface area contributed by atoms with Gasteiger partial charge in [0.2, 0.25) is 5.88 Å². The molecule has 12 nitrogen and oxygen atoms in total. The number of rotatable bonds is 5. The van der Waals surface area contributed by atoms with Crippen LogP contribution in [-0.4, -0.2) is 85.1 Å². The maximum atomic E-state index is 13.9. The molecule has 2 aliphatic carbocycles. The van der Waals surface area contributed by atoms with Crippen LogP contribution in [0.1, 0.15) is 103 Å². The van der Waals surface area contributed by atoms with E-state index in [1.165, 1.54) is 0 Å². The van der Waals surface area contributed by atoms with Crippen molar-refractivity contribution in [2.24, 2.45) is 11.1 Å². The van der Waals surface area contributed by atoms with E-state index in [2.05, 4.69) is 11.9 Å². The van der Waals surface area contributed by atoms with Crippen molar-refractivity contribution in [1.29, 1.82) is 0 Å². The fourth-order valence-corrected chi connectivity index (χ4v) is 7.49. The van der Waals surface area contributed by atoms with Gasteiger partial charge in [-0.2, -0.15) is 10.1 Å². The highest BCUT2D eigenvalue weighted by Crippen LogP contribution is 2.45. The van der Waals surface area contributed by atoms with E-state index in [4.69, 9.17) is 30.3 Å². The van der Waals surface area contributed by atoms with Gasteiger partial charge in [-0.15, -0.1) is 0 Å². The first-order valence-electron chi connectivity index (χ1n) is 16.7. The number of hydrogen-bond donors (Lipinski definition) is 1. The zero-order valence-electron chi connectivity index (χ0n) is 27.8. The van der Waals surface area contributed by atoms with Crippen LogP contribution >= 0.6 is 0 Å². The fourth-order valence-electron chi connectivity index (χ4n) is 7.49. The average molecular weight is 634 g/mol. The predicted molar refractivity (Wildman–Crippen MR) is 171 cm³/mol. The summed E-state index contributed by atoms with van der Waals surface area (Å²) in [6.45, 7) is 9.47. The number of fused-ring (bicyclic) bond motifs is 1. The lowest BCUT2D eigenvalue weighted by Crippen LogP contribution is -2.45. The Kier molecular flexibility index (Phi) is 8.69. The van der Waals surface area contributed by atoms with E-state index in [0.717, 1.165) is 43.5 Å². The maximum absolute atomic E-state index is 13.9. The Morgan fingerprint density at radius 3 is 2.57 bits per heavy atom. The molecule has 4 heterocycles. The van der Waals surface area contributed by atoms with Crippen LogP contribution in [0, 0.1) is 5.41 Å². The van der Waals surface area contributed by atoms with Crippen molar-refractivity contribution in [2.45, 2.75) is 116 Å². The topological polar surface area (TPSA) is 146 Å². The van der Waals surface area contributed by atoms with Gasteiger partial charge in [-0.3, -0.25) is 14.5 Å². The first-order valence-corrected chi connectivity index (χ1v) is 16.7. The number of likely N-dealkylation sites (N-methyl/N-ethyl adjacent to an activating group) is 1. The number of carbonyl (C=O) groups is 3. The molecule has 2 aromatic rings. The summed E-state index contributed by atoms with van der Waals surface area (Å²) in [5.74, 6) is 0.832. The van der Waals surface area contributed by atoms with Crippen molar-refractivity contribution in [3.05, 3.63) is 34.9 Å². The molecule has 0 aromatic carbocycles. The molecule has 1 amide bonds. The second-order valence-corrected chi connectivity index (χ2v) is 14.4. The van der Waals surface area contributed by atoms with Gasteiger partial charge in [-0.05, 0) is 86.2 Å². The number of nitrogens with two attached hydrogens (primary N) is 1.